The first kappa shape index (κ1) is 16.5. The highest BCUT2D eigenvalue weighted by atomic mass is 16.5. The number of nitrogens with zero attached hydrogens (tertiary/aromatic N) is 1. The molecule has 6 nitrogen and oxygen atoms in total. The zero-order chi connectivity index (χ0) is 16.5. The molecule has 0 aliphatic rings. The van der Waals surface area contributed by atoms with Gasteiger partial charge in [-0.3, -0.25) is 25.4 Å². The minimum Gasteiger partial charge on any atom is -0.494 e. The number of pyridine rings is 1. The van der Waals surface area contributed by atoms with Crippen molar-refractivity contribution in [1.82, 2.24) is 15.8 Å². The van der Waals surface area contributed by atoms with E-state index in [1.807, 2.05) is 0 Å². The molecular weight excluding hydrogens is 294 g/mol. The van der Waals surface area contributed by atoms with Gasteiger partial charge in [0.1, 0.15) is 5.75 Å². The fraction of sp³-hybridized carbons (Fsp3) is 0.235. The van der Waals surface area contributed by atoms with Crippen LogP contribution in [-0.4, -0.2) is 23.4 Å². The van der Waals surface area contributed by atoms with Gasteiger partial charge in [0.25, 0.3) is 11.8 Å². The van der Waals surface area contributed by atoms with Crippen LogP contribution in [-0.2, 0) is 0 Å². The predicted octanol–water partition coefficient (Wildman–Crippen LogP) is 2.34. The van der Waals surface area contributed by atoms with E-state index >= 15 is 0 Å². The smallest absolute Gasteiger partial charge is 0.269 e. The number of hydrogen-bond acceptors (Lipinski definition) is 4. The normalized spacial score (nSPS) is 9.96. The van der Waals surface area contributed by atoms with Gasteiger partial charge < -0.3 is 4.74 Å². The van der Waals surface area contributed by atoms with Crippen LogP contribution in [0.1, 0.15) is 40.5 Å². The van der Waals surface area contributed by atoms with E-state index in [0.717, 1.165) is 12.8 Å². The van der Waals surface area contributed by atoms with Crippen molar-refractivity contribution in [3.8, 4) is 5.75 Å². The van der Waals surface area contributed by atoms with E-state index in [0.29, 0.717) is 23.5 Å². The van der Waals surface area contributed by atoms with E-state index in [-0.39, 0.29) is 0 Å². The fourth-order valence-corrected chi connectivity index (χ4v) is 1.82. The second-order valence-corrected chi connectivity index (χ2v) is 4.87. The summed E-state index contributed by atoms with van der Waals surface area (Å²) in [5.74, 6) is -0.184. The second-order valence-electron chi connectivity index (χ2n) is 4.87. The largest absolute Gasteiger partial charge is 0.494 e. The monoisotopic (exact) mass is 313 g/mol. The van der Waals surface area contributed by atoms with Crippen molar-refractivity contribution < 1.29 is 14.3 Å². The number of aromatic nitrogens is 1. The summed E-state index contributed by atoms with van der Waals surface area (Å²) in [4.78, 5) is 27.7. The van der Waals surface area contributed by atoms with Gasteiger partial charge in [0.05, 0.1) is 6.61 Å². The molecule has 0 aliphatic heterocycles. The van der Waals surface area contributed by atoms with Crippen molar-refractivity contribution in [2.45, 2.75) is 19.8 Å². The molecule has 1 aromatic carbocycles. The molecule has 0 fully saturated rings. The Morgan fingerprint density at radius 3 is 2.43 bits per heavy atom. The Morgan fingerprint density at radius 2 is 1.74 bits per heavy atom. The topological polar surface area (TPSA) is 80.3 Å². The van der Waals surface area contributed by atoms with Crippen molar-refractivity contribution >= 4 is 11.8 Å². The number of unbranched alkanes of at least 4 members (excludes halogenated alkanes) is 1. The molecule has 6 heteroatoms. The number of benzene rings is 1. The molecule has 120 valence electrons. The lowest BCUT2D eigenvalue weighted by Gasteiger charge is -2.09. The Bertz CT molecular complexity index is 659. The number of rotatable bonds is 6. The summed E-state index contributed by atoms with van der Waals surface area (Å²) in [6.45, 7) is 2.69. The average Bonchev–Trinajstić information content (AvgIpc) is 2.60. The quantitative estimate of drug-likeness (QED) is 0.633. The maximum atomic E-state index is 12.1. The lowest BCUT2D eigenvalue weighted by atomic mass is 10.2. The van der Waals surface area contributed by atoms with Crippen LogP contribution < -0.4 is 15.6 Å². The van der Waals surface area contributed by atoms with Crippen LogP contribution in [0.4, 0.5) is 0 Å². The minimum atomic E-state index is -0.409. The van der Waals surface area contributed by atoms with Gasteiger partial charge in [-0.2, -0.15) is 0 Å². The van der Waals surface area contributed by atoms with E-state index < -0.39 is 11.8 Å². The summed E-state index contributed by atoms with van der Waals surface area (Å²) in [6, 6.07) is 9.94. The summed E-state index contributed by atoms with van der Waals surface area (Å²) in [7, 11) is 0. The summed E-state index contributed by atoms with van der Waals surface area (Å²) in [5.41, 5.74) is 5.56. The lowest BCUT2D eigenvalue weighted by molar-refractivity contribution is 0.0846. The number of ether oxygens (including phenoxy) is 1. The highest BCUT2D eigenvalue weighted by Gasteiger charge is 2.09. The van der Waals surface area contributed by atoms with Crippen LogP contribution >= 0.6 is 0 Å². The third-order valence-corrected chi connectivity index (χ3v) is 3.09. The van der Waals surface area contributed by atoms with E-state index in [4.69, 9.17) is 4.74 Å². The van der Waals surface area contributed by atoms with E-state index in [1.165, 1.54) is 12.4 Å². The Balaban J connectivity index is 1.90. The van der Waals surface area contributed by atoms with Crippen LogP contribution in [0, 0.1) is 0 Å². The maximum Gasteiger partial charge on any atom is 0.269 e. The molecule has 23 heavy (non-hydrogen) atoms. The van der Waals surface area contributed by atoms with Crippen LogP contribution in [0.3, 0.4) is 0 Å². The third-order valence-electron chi connectivity index (χ3n) is 3.09. The molecule has 0 saturated heterocycles. The second kappa shape index (κ2) is 8.53. The highest BCUT2D eigenvalue weighted by Crippen LogP contribution is 2.13. The fourth-order valence-electron chi connectivity index (χ4n) is 1.82. The van der Waals surface area contributed by atoms with Gasteiger partial charge in [0.2, 0.25) is 0 Å². The molecule has 0 bridgehead atoms. The molecule has 1 heterocycles. The van der Waals surface area contributed by atoms with Gasteiger partial charge in [-0.15, -0.1) is 0 Å². The Labute approximate surface area is 134 Å². The summed E-state index contributed by atoms with van der Waals surface area (Å²) in [6.07, 6.45) is 5.02. The van der Waals surface area contributed by atoms with Gasteiger partial charge in [-0.25, -0.2) is 0 Å². The Kier molecular flexibility index (Phi) is 6.11. The van der Waals surface area contributed by atoms with E-state index in [2.05, 4.69) is 22.8 Å². The van der Waals surface area contributed by atoms with E-state index in [9.17, 15) is 9.59 Å². The highest BCUT2D eigenvalue weighted by molar-refractivity contribution is 5.99. The zero-order valence-electron chi connectivity index (χ0n) is 12.9. The first-order valence-corrected chi connectivity index (χ1v) is 7.44. The van der Waals surface area contributed by atoms with Crippen LogP contribution in [0.5, 0.6) is 5.75 Å². The van der Waals surface area contributed by atoms with Gasteiger partial charge in [-0.1, -0.05) is 19.4 Å². The Hall–Kier alpha value is -2.89. The molecule has 0 saturated carbocycles. The molecule has 2 aromatic rings. The average molecular weight is 313 g/mol. The van der Waals surface area contributed by atoms with Crippen LogP contribution in [0.15, 0.2) is 48.8 Å². The van der Waals surface area contributed by atoms with Crippen molar-refractivity contribution in [2.24, 2.45) is 0 Å². The molecular formula is C17H19N3O3. The van der Waals surface area contributed by atoms with Crippen molar-refractivity contribution in [3.05, 3.63) is 59.9 Å². The van der Waals surface area contributed by atoms with E-state index in [1.54, 1.807) is 36.4 Å². The summed E-state index contributed by atoms with van der Waals surface area (Å²) in [5, 5.41) is 0. The van der Waals surface area contributed by atoms with Gasteiger partial charge in [0, 0.05) is 23.5 Å². The van der Waals surface area contributed by atoms with Gasteiger partial charge in [0.15, 0.2) is 0 Å². The van der Waals surface area contributed by atoms with Gasteiger partial charge >= 0.3 is 0 Å². The van der Waals surface area contributed by atoms with Crippen molar-refractivity contribution in [3.63, 3.8) is 0 Å². The molecule has 0 spiro atoms. The number of hydrogen-bond donors (Lipinski definition) is 2. The molecule has 2 N–H and O–H groups in total. The summed E-state index contributed by atoms with van der Waals surface area (Å²) < 4.78 is 5.56. The zero-order valence-corrected chi connectivity index (χ0v) is 12.9. The number of nitrogens with one attached hydrogen (secondary N) is 2. The molecule has 2 rings (SSSR count). The van der Waals surface area contributed by atoms with Crippen molar-refractivity contribution in [1.29, 1.82) is 0 Å². The number of carbonyl (C=O) groups is 2. The first-order valence-electron chi connectivity index (χ1n) is 7.44. The minimum absolute atomic E-state index is 0.406. The third kappa shape index (κ3) is 5.10. The number of carbonyl (C=O) groups excluding carboxylic acids is 2. The number of hydrazine groups is 1. The molecule has 2 amide bonds. The van der Waals surface area contributed by atoms with Gasteiger partial charge in [-0.05, 0) is 36.8 Å². The standard InChI is InChI=1S/C17H19N3O3/c1-2-3-11-23-15-6-4-5-14(12-15)17(22)20-19-16(21)13-7-9-18-10-8-13/h4-10,12H,2-3,11H2,1H3,(H,19,21)(H,20,22). The summed E-state index contributed by atoms with van der Waals surface area (Å²) >= 11 is 0. The Morgan fingerprint density at radius 1 is 1.04 bits per heavy atom. The molecule has 0 aliphatic carbocycles. The van der Waals surface area contributed by atoms with Crippen LogP contribution in [0.2, 0.25) is 0 Å². The SMILES string of the molecule is CCCCOc1cccc(C(=O)NNC(=O)c2ccncc2)c1. The molecule has 0 atom stereocenters. The maximum absolute atomic E-state index is 12.1. The number of amides is 2. The lowest BCUT2D eigenvalue weighted by Crippen LogP contribution is -2.41. The molecule has 0 unspecified atom stereocenters. The van der Waals surface area contributed by atoms with Crippen molar-refractivity contribution in [2.75, 3.05) is 6.61 Å². The molecule has 0 radical (unpaired) electrons. The first-order chi connectivity index (χ1) is 11.2. The molecule has 1 aromatic heterocycles. The predicted molar refractivity (Wildman–Crippen MR) is 86.0 cm³/mol. The van der Waals surface area contributed by atoms with Crippen LogP contribution in [0.25, 0.3) is 0 Å².